The van der Waals surface area contributed by atoms with Gasteiger partial charge in [0.05, 0.1) is 11.6 Å². The average Bonchev–Trinajstić information content (AvgIpc) is 2.74. The van der Waals surface area contributed by atoms with Crippen LogP contribution in [-0.4, -0.2) is 22.9 Å². The molecule has 0 unspecified atom stereocenters. The molecule has 1 aliphatic heterocycles. The van der Waals surface area contributed by atoms with Gasteiger partial charge in [-0.2, -0.15) is 5.10 Å². The van der Waals surface area contributed by atoms with Crippen LogP contribution in [0.1, 0.15) is 18.9 Å². The second-order valence-corrected chi connectivity index (χ2v) is 4.15. The first-order valence-electron chi connectivity index (χ1n) is 5.58. The Balaban J connectivity index is 0.000000722. The lowest BCUT2D eigenvalue weighted by molar-refractivity contribution is 0.345. The molecule has 17 heavy (non-hydrogen) atoms. The summed E-state index contributed by atoms with van der Waals surface area (Å²) in [5, 5.41) is 9.25. The second-order valence-electron chi connectivity index (χ2n) is 4.15. The van der Waals surface area contributed by atoms with Crippen LogP contribution in [0.5, 0.6) is 0 Å². The number of nitrogens with zero attached hydrogens (tertiary/aromatic N) is 2. The molecule has 5 heteroatoms. The molecule has 2 heterocycles. The molecule has 0 bridgehead atoms. The summed E-state index contributed by atoms with van der Waals surface area (Å²) < 4.78 is 2.14. The van der Waals surface area contributed by atoms with Gasteiger partial charge < -0.3 is 5.32 Å². The van der Waals surface area contributed by atoms with Crippen molar-refractivity contribution in [3.05, 3.63) is 30.5 Å². The predicted octanol–water partition coefficient (Wildman–Crippen LogP) is 2.80. The molecule has 3 rings (SSSR count). The van der Waals surface area contributed by atoms with Crippen molar-refractivity contribution < 1.29 is 0 Å². The molecule has 0 radical (unpaired) electrons. The Kier molecular flexibility index (Phi) is 5.25. The summed E-state index contributed by atoms with van der Waals surface area (Å²) in [5.41, 5.74) is 1.11. The fourth-order valence-corrected chi connectivity index (χ4v) is 2.24. The molecule has 1 N–H and O–H groups in total. The molecule has 0 spiro atoms. The number of benzene rings is 1. The Bertz CT molecular complexity index is 430. The smallest absolute Gasteiger partial charge is 0.0923 e. The van der Waals surface area contributed by atoms with Gasteiger partial charge in [0.25, 0.3) is 0 Å². The van der Waals surface area contributed by atoms with Crippen LogP contribution in [0.15, 0.2) is 30.5 Å². The van der Waals surface area contributed by atoms with Gasteiger partial charge in [-0.05, 0) is 32.0 Å². The Morgan fingerprint density at radius 1 is 1.12 bits per heavy atom. The van der Waals surface area contributed by atoms with Gasteiger partial charge in [-0.25, -0.2) is 0 Å². The lowest BCUT2D eigenvalue weighted by Gasteiger charge is -2.22. The molecule has 94 valence electrons. The number of rotatable bonds is 1. The maximum absolute atomic E-state index is 4.63. The summed E-state index contributed by atoms with van der Waals surface area (Å²) >= 11 is 0. The normalized spacial score (nSPS) is 16.2. The highest BCUT2D eigenvalue weighted by atomic mass is 35.5. The summed E-state index contributed by atoms with van der Waals surface area (Å²) in [4.78, 5) is 0. The van der Waals surface area contributed by atoms with Gasteiger partial charge in [-0.15, -0.1) is 24.8 Å². The molecule has 1 saturated heterocycles. The molecular formula is C12H17Cl2N3. The molecule has 1 aliphatic rings. The highest BCUT2D eigenvalue weighted by Crippen LogP contribution is 2.20. The Labute approximate surface area is 113 Å². The number of fused-ring (bicyclic) bond motifs is 1. The van der Waals surface area contributed by atoms with E-state index in [1.54, 1.807) is 0 Å². The summed E-state index contributed by atoms with van der Waals surface area (Å²) in [5.74, 6) is 0. The van der Waals surface area contributed by atoms with Crippen molar-refractivity contribution in [1.82, 2.24) is 15.1 Å². The van der Waals surface area contributed by atoms with E-state index >= 15 is 0 Å². The van der Waals surface area contributed by atoms with Crippen LogP contribution in [0.2, 0.25) is 0 Å². The van der Waals surface area contributed by atoms with E-state index in [4.69, 9.17) is 0 Å². The first-order chi connectivity index (χ1) is 7.43. The van der Waals surface area contributed by atoms with Crippen LogP contribution in [0, 0.1) is 0 Å². The third-order valence-electron chi connectivity index (χ3n) is 3.11. The lowest BCUT2D eigenvalue weighted by Crippen LogP contribution is -2.29. The van der Waals surface area contributed by atoms with Crippen LogP contribution in [0.25, 0.3) is 10.9 Å². The fraction of sp³-hybridized carbons (Fsp3) is 0.417. The minimum absolute atomic E-state index is 0. The van der Waals surface area contributed by atoms with Gasteiger partial charge >= 0.3 is 0 Å². The third-order valence-corrected chi connectivity index (χ3v) is 3.11. The van der Waals surface area contributed by atoms with Gasteiger partial charge in [0.2, 0.25) is 0 Å². The zero-order chi connectivity index (χ0) is 10.1. The Morgan fingerprint density at radius 2 is 1.82 bits per heavy atom. The lowest BCUT2D eigenvalue weighted by atomic mass is 10.1. The summed E-state index contributed by atoms with van der Waals surface area (Å²) in [6.07, 6.45) is 4.55. The molecule has 1 fully saturated rings. The van der Waals surface area contributed by atoms with Crippen LogP contribution in [0.4, 0.5) is 0 Å². The molecule has 0 saturated carbocycles. The van der Waals surface area contributed by atoms with E-state index in [9.17, 15) is 0 Å². The zero-order valence-electron chi connectivity index (χ0n) is 9.50. The van der Waals surface area contributed by atoms with Crippen molar-refractivity contribution in [2.24, 2.45) is 0 Å². The predicted molar refractivity (Wildman–Crippen MR) is 75.4 cm³/mol. The van der Waals surface area contributed by atoms with Crippen molar-refractivity contribution in [1.29, 1.82) is 0 Å². The summed E-state index contributed by atoms with van der Waals surface area (Å²) in [6.45, 7) is 2.22. The van der Waals surface area contributed by atoms with E-state index in [-0.39, 0.29) is 24.8 Å². The van der Waals surface area contributed by atoms with Gasteiger partial charge in [0.1, 0.15) is 0 Å². The van der Waals surface area contributed by atoms with E-state index in [1.807, 2.05) is 6.07 Å². The maximum atomic E-state index is 4.63. The summed E-state index contributed by atoms with van der Waals surface area (Å²) in [6, 6.07) is 8.89. The number of halogens is 2. The standard InChI is InChI=1S/C12H15N3.2ClH/c1-2-4-12-10(3-1)9-15(14-12)11-5-7-13-8-6-11;;/h1-4,9,11,13H,5-8H2;2*1H. The first kappa shape index (κ1) is 14.3. The van der Waals surface area contributed by atoms with Crippen molar-refractivity contribution in [2.45, 2.75) is 18.9 Å². The average molecular weight is 274 g/mol. The molecule has 3 nitrogen and oxygen atoms in total. The van der Waals surface area contributed by atoms with E-state index < -0.39 is 0 Å². The Morgan fingerprint density at radius 3 is 2.53 bits per heavy atom. The quantitative estimate of drug-likeness (QED) is 0.866. The van der Waals surface area contributed by atoms with E-state index in [2.05, 4.69) is 39.5 Å². The molecule has 0 aliphatic carbocycles. The third kappa shape index (κ3) is 2.92. The highest BCUT2D eigenvalue weighted by molar-refractivity contribution is 5.85. The van der Waals surface area contributed by atoms with Crippen LogP contribution < -0.4 is 5.32 Å². The van der Waals surface area contributed by atoms with Crippen LogP contribution in [-0.2, 0) is 0 Å². The van der Waals surface area contributed by atoms with E-state index in [0.29, 0.717) is 6.04 Å². The van der Waals surface area contributed by atoms with Gasteiger partial charge in [0, 0.05) is 11.6 Å². The molecule has 0 amide bonds. The van der Waals surface area contributed by atoms with Crippen molar-refractivity contribution in [3.8, 4) is 0 Å². The number of aromatic nitrogens is 2. The molecule has 1 aromatic carbocycles. The number of hydrogen-bond acceptors (Lipinski definition) is 2. The SMILES string of the molecule is Cl.Cl.c1ccc2nn(C3CCNCC3)cc2c1. The molecule has 1 aromatic heterocycles. The zero-order valence-corrected chi connectivity index (χ0v) is 11.1. The molecule has 2 aromatic rings. The highest BCUT2D eigenvalue weighted by Gasteiger charge is 2.15. The monoisotopic (exact) mass is 273 g/mol. The number of nitrogens with one attached hydrogen (secondary N) is 1. The second kappa shape index (κ2) is 6.24. The molecule has 0 atom stereocenters. The van der Waals surface area contributed by atoms with Crippen molar-refractivity contribution >= 4 is 35.7 Å². The van der Waals surface area contributed by atoms with Gasteiger partial charge in [-0.3, -0.25) is 4.68 Å². The first-order valence-corrected chi connectivity index (χ1v) is 5.58. The maximum Gasteiger partial charge on any atom is 0.0923 e. The van der Waals surface area contributed by atoms with Gasteiger partial charge in [0.15, 0.2) is 0 Å². The molecular weight excluding hydrogens is 257 g/mol. The van der Waals surface area contributed by atoms with Crippen LogP contribution >= 0.6 is 24.8 Å². The Hall–Kier alpha value is -0.770. The minimum Gasteiger partial charge on any atom is -0.317 e. The van der Waals surface area contributed by atoms with Crippen molar-refractivity contribution in [3.63, 3.8) is 0 Å². The summed E-state index contributed by atoms with van der Waals surface area (Å²) in [7, 11) is 0. The largest absolute Gasteiger partial charge is 0.317 e. The van der Waals surface area contributed by atoms with Gasteiger partial charge in [-0.1, -0.05) is 18.2 Å². The number of hydrogen-bond donors (Lipinski definition) is 1. The minimum atomic E-state index is 0. The fourth-order valence-electron chi connectivity index (χ4n) is 2.24. The topological polar surface area (TPSA) is 29.9 Å². The van der Waals surface area contributed by atoms with E-state index in [1.165, 1.54) is 18.2 Å². The van der Waals surface area contributed by atoms with Crippen molar-refractivity contribution in [2.75, 3.05) is 13.1 Å². The van der Waals surface area contributed by atoms with Crippen LogP contribution in [0.3, 0.4) is 0 Å². The van der Waals surface area contributed by atoms with E-state index in [0.717, 1.165) is 18.6 Å². The number of piperidine rings is 1.